The molecule has 0 bridgehead atoms. The van der Waals surface area contributed by atoms with Crippen molar-refractivity contribution in [1.29, 1.82) is 0 Å². The first-order valence-electron chi connectivity index (χ1n) is 11.0. The summed E-state index contributed by atoms with van der Waals surface area (Å²) in [6.07, 6.45) is 2.72. The van der Waals surface area contributed by atoms with E-state index >= 15 is 0 Å². The van der Waals surface area contributed by atoms with Crippen LogP contribution < -0.4 is 5.32 Å². The summed E-state index contributed by atoms with van der Waals surface area (Å²) in [5.41, 5.74) is 4.28. The van der Waals surface area contributed by atoms with Crippen molar-refractivity contribution >= 4 is 16.8 Å². The molecule has 3 aromatic carbocycles. The van der Waals surface area contributed by atoms with E-state index in [0.717, 1.165) is 16.6 Å². The number of rotatable bonds is 8. The van der Waals surface area contributed by atoms with Crippen LogP contribution >= 0.6 is 0 Å². The van der Waals surface area contributed by atoms with Gasteiger partial charge in [0, 0.05) is 48.0 Å². The molecule has 0 saturated carbocycles. The number of carbonyl (C=O) groups is 1. The first kappa shape index (κ1) is 20.7. The molecule has 0 fully saturated rings. The van der Waals surface area contributed by atoms with Crippen molar-refractivity contribution in [1.82, 2.24) is 20.5 Å². The van der Waals surface area contributed by atoms with E-state index in [2.05, 4.69) is 44.8 Å². The van der Waals surface area contributed by atoms with Crippen molar-refractivity contribution in [2.45, 2.75) is 18.8 Å². The zero-order valence-electron chi connectivity index (χ0n) is 18.1. The van der Waals surface area contributed by atoms with Gasteiger partial charge < -0.3 is 14.7 Å². The molecule has 33 heavy (non-hydrogen) atoms. The molecule has 0 spiro atoms. The number of benzene rings is 3. The van der Waals surface area contributed by atoms with E-state index in [1.165, 1.54) is 10.9 Å². The summed E-state index contributed by atoms with van der Waals surface area (Å²) in [6, 6.07) is 28.1. The minimum Gasteiger partial charge on any atom is -0.421 e. The van der Waals surface area contributed by atoms with E-state index in [0.29, 0.717) is 24.7 Å². The Labute approximate surface area is 191 Å². The maximum absolute atomic E-state index is 12.7. The van der Waals surface area contributed by atoms with Gasteiger partial charge in [0.25, 0.3) is 0 Å². The van der Waals surface area contributed by atoms with Gasteiger partial charge in [0.1, 0.15) is 0 Å². The van der Waals surface area contributed by atoms with Crippen molar-refractivity contribution in [3.05, 3.63) is 108 Å². The van der Waals surface area contributed by atoms with Gasteiger partial charge in [0.05, 0.1) is 0 Å². The van der Waals surface area contributed by atoms with Gasteiger partial charge in [-0.25, -0.2) is 0 Å². The molecule has 0 radical (unpaired) electrons. The number of aromatic nitrogens is 3. The monoisotopic (exact) mass is 436 g/mol. The lowest BCUT2D eigenvalue weighted by Crippen LogP contribution is -2.29. The Kier molecular flexibility index (Phi) is 5.97. The number of aromatic amines is 1. The molecule has 0 aliphatic carbocycles. The third-order valence-electron chi connectivity index (χ3n) is 5.76. The van der Waals surface area contributed by atoms with E-state index in [4.69, 9.17) is 4.42 Å². The average molecular weight is 437 g/mol. The van der Waals surface area contributed by atoms with Gasteiger partial charge in [-0.2, -0.15) is 0 Å². The fourth-order valence-corrected chi connectivity index (χ4v) is 4.05. The number of amides is 1. The second-order valence-corrected chi connectivity index (χ2v) is 7.92. The highest BCUT2D eigenvalue weighted by Gasteiger charge is 2.19. The molecule has 1 atom stereocenters. The van der Waals surface area contributed by atoms with Gasteiger partial charge in [0.15, 0.2) is 0 Å². The molecule has 164 valence electrons. The Bertz CT molecular complexity index is 1340. The Morgan fingerprint density at radius 3 is 2.45 bits per heavy atom. The Morgan fingerprint density at radius 2 is 1.64 bits per heavy atom. The SMILES string of the molecule is O=C(CCc1nnc(-c2ccccc2)o1)NCC(c1ccccc1)c1c[nH]c2ccccc12. The zero-order valence-corrected chi connectivity index (χ0v) is 18.1. The van der Waals surface area contributed by atoms with Crippen LogP contribution in [0.1, 0.15) is 29.4 Å². The lowest BCUT2D eigenvalue weighted by Gasteiger charge is -2.18. The number of hydrogen-bond donors (Lipinski definition) is 2. The number of fused-ring (bicyclic) bond motifs is 1. The Hall–Kier alpha value is -4.19. The van der Waals surface area contributed by atoms with Crippen LogP contribution in [0, 0.1) is 0 Å². The van der Waals surface area contributed by atoms with E-state index in [1.54, 1.807) is 0 Å². The second-order valence-electron chi connectivity index (χ2n) is 7.92. The molecule has 2 N–H and O–H groups in total. The minimum atomic E-state index is -0.0461. The predicted molar refractivity (Wildman–Crippen MR) is 128 cm³/mol. The number of nitrogens with one attached hydrogen (secondary N) is 2. The fraction of sp³-hybridized carbons (Fsp3) is 0.148. The van der Waals surface area contributed by atoms with Crippen molar-refractivity contribution in [2.75, 3.05) is 6.54 Å². The largest absolute Gasteiger partial charge is 0.421 e. The third-order valence-corrected chi connectivity index (χ3v) is 5.76. The van der Waals surface area contributed by atoms with Crippen LogP contribution in [0.25, 0.3) is 22.4 Å². The summed E-state index contributed by atoms with van der Waals surface area (Å²) < 4.78 is 5.72. The lowest BCUT2D eigenvalue weighted by molar-refractivity contribution is -0.121. The van der Waals surface area contributed by atoms with Gasteiger partial charge in [-0.1, -0.05) is 66.7 Å². The molecule has 0 saturated heterocycles. The predicted octanol–water partition coefficient (Wildman–Crippen LogP) is 5.10. The smallest absolute Gasteiger partial charge is 0.247 e. The Balaban J connectivity index is 1.25. The van der Waals surface area contributed by atoms with Crippen LogP contribution in [0.5, 0.6) is 0 Å². The quantitative estimate of drug-likeness (QED) is 0.355. The molecule has 5 rings (SSSR count). The van der Waals surface area contributed by atoms with Crippen molar-refractivity contribution < 1.29 is 9.21 Å². The molecule has 6 heteroatoms. The standard InChI is InChI=1S/C27H24N4O2/c32-25(15-16-26-30-31-27(33-26)20-11-5-2-6-12-20)29-17-22(19-9-3-1-4-10-19)23-18-28-24-14-8-7-13-21(23)24/h1-14,18,22,28H,15-17H2,(H,29,32). The second kappa shape index (κ2) is 9.53. The summed E-state index contributed by atoms with van der Waals surface area (Å²) in [4.78, 5) is 16.0. The van der Waals surface area contributed by atoms with E-state index in [1.807, 2.05) is 66.9 Å². The van der Waals surface area contributed by atoms with E-state index in [-0.39, 0.29) is 18.2 Å². The molecule has 1 unspecified atom stereocenters. The molecular weight excluding hydrogens is 412 g/mol. The van der Waals surface area contributed by atoms with Crippen LogP contribution in [0.3, 0.4) is 0 Å². The maximum Gasteiger partial charge on any atom is 0.247 e. The molecule has 0 aliphatic heterocycles. The number of aryl methyl sites for hydroxylation is 1. The normalized spacial score (nSPS) is 12.0. The summed E-state index contributed by atoms with van der Waals surface area (Å²) in [5, 5.41) is 12.4. The summed E-state index contributed by atoms with van der Waals surface area (Å²) in [5.74, 6) is 0.921. The van der Waals surface area contributed by atoms with E-state index < -0.39 is 0 Å². The summed E-state index contributed by atoms with van der Waals surface area (Å²) in [7, 11) is 0. The van der Waals surface area contributed by atoms with Gasteiger partial charge in [-0.3, -0.25) is 4.79 Å². The highest BCUT2D eigenvalue weighted by atomic mass is 16.4. The molecule has 0 aliphatic rings. The molecule has 2 heterocycles. The van der Waals surface area contributed by atoms with Crippen LogP contribution in [0.15, 0.2) is 95.5 Å². The van der Waals surface area contributed by atoms with Gasteiger partial charge in [-0.05, 0) is 29.3 Å². The highest BCUT2D eigenvalue weighted by Crippen LogP contribution is 2.30. The number of carbonyl (C=O) groups excluding carboxylic acids is 1. The lowest BCUT2D eigenvalue weighted by atomic mass is 9.91. The number of nitrogens with zero attached hydrogens (tertiary/aromatic N) is 2. The Morgan fingerprint density at radius 1 is 0.909 bits per heavy atom. The highest BCUT2D eigenvalue weighted by molar-refractivity contribution is 5.84. The van der Waals surface area contributed by atoms with Crippen LogP contribution in [-0.2, 0) is 11.2 Å². The van der Waals surface area contributed by atoms with Crippen molar-refractivity contribution in [2.24, 2.45) is 0 Å². The molecular formula is C27H24N4O2. The van der Waals surface area contributed by atoms with Crippen molar-refractivity contribution in [3.8, 4) is 11.5 Å². The summed E-state index contributed by atoms with van der Waals surface area (Å²) >= 11 is 0. The topological polar surface area (TPSA) is 83.8 Å². The minimum absolute atomic E-state index is 0.0411. The van der Waals surface area contributed by atoms with Gasteiger partial charge in [-0.15, -0.1) is 10.2 Å². The van der Waals surface area contributed by atoms with Crippen LogP contribution in [0.2, 0.25) is 0 Å². The first-order valence-corrected chi connectivity index (χ1v) is 11.0. The maximum atomic E-state index is 12.7. The third kappa shape index (κ3) is 4.70. The number of hydrogen-bond acceptors (Lipinski definition) is 4. The van der Waals surface area contributed by atoms with Crippen molar-refractivity contribution in [3.63, 3.8) is 0 Å². The van der Waals surface area contributed by atoms with Gasteiger partial charge in [0.2, 0.25) is 17.7 Å². The summed E-state index contributed by atoms with van der Waals surface area (Å²) in [6.45, 7) is 0.504. The van der Waals surface area contributed by atoms with Crippen LogP contribution in [-0.4, -0.2) is 27.6 Å². The number of para-hydroxylation sites is 1. The zero-order chi connectivity index (χ0) is 22.5. The molecule has 2 aromatic heterocycles. The van der Waals surface area contributed by atoms with E-state index in [9.17, 15) is 4.79 Å². The first-order chi connectivity index (χ1) is 16.3. The average Bonchev–Trinajstić information content (AvgIpc) is 3.52. The molecule has 6 nitrogen and oxygen atoms in total. The molecule has 1 amide bonds. The van der Waals surface area contributed by atoms with Gasteiger partial charge >= 0.3 is 0 Å². The van der Waals surface area contributed by atoms with Crippen LogP contribution in [0.4, 0.5) is 0 Å². The fourth-order valence-electron chi connectivity index (χ4n) is 4.05. The molecule has 5 aromatic rings. The number of H-pyrrole nitrogens is 1.